The van der Waals surface area contributed by atoms with E-state index in [0.717, 1.165) is 17.7 Å². The van der Waals surface area contributed by atoms with Crippen molar-refractivity contribution in [2.45, 2.75) is 64.5 Å². The molecule has 0 radical (unpaired) electrons. The summed E-state index contributed by atoms with van der Waals surface area (Å²) in [5.41, 5.74) is 2.39. The summed E-state index contributed by atoms with van der Waals surface area (Å²) in [6, 6.07) is 8.22. The molecular weight excluding hydrogens is 512 g/mol. The summed E-state index contributed by atoms with van der Waals surface area (Å²) in [4.78, 5) is 14.2. The van der Waals surface area contributed by atoms with E-state index in [-0.39, 0.29) is 31.4 Å². The SMILES string of the molecule is COc1ccc(C)cc1C1=C(CN2C(=O)O[C@H](c3cc(C)cc(C(F)(F)F)c3)[C@@H]2C)CC(C(F)(F)F)CC1. The van der Waals surface area contributed by atoms with Crippen LogP contribution in [0.3, 0.4) is 0 Å². The van der Waals surface area contributed by atoms with Crippen LogP contribution in [-0.2, 0) is 10.9 Å². The molecule has 2 aliphatic rings. The normalized spacial score (nSPS) is 22.6. The molecule has 1 amide bonds. The first-order valence-corrected chi connectivity index (χ1v) is 12.3. The lowest BCUT2D eigenvalue weighted by molar-refractivity contribution is -0.176. The van der Waals surface area contributed by atoms with E-state index in [1.54, 1.807) is 13.0 Å². The summed E-state index contributed by atoms with van der Waals surface area (Å²) in [7, 11) is 1.48. The number of hydrogen-bond donors (Lipinski definition) is 0. The highest BCUT2D eigenvalue weighted by Gasteiger charge is 2.45. The van der Waals surface area contributed by atoms with Crippen LogP contribution in [0.5, 0.6) is 5.75 Å². The number of cyclic esters (lactones) is 1. The molecule has 1 saturated heterocycles. The van der Waals surface area contributed by atoms with Gasteiger partial charge in [-0.15, -0.1) is 0 Å². The zero-order valence-electron chi connectivity index (χ0n) is 21.5. The van der Waals surface area contributed by atoms with Crippen LogP contribution in [0.1, 0.15) is 60.1 Å². The number of nitrogens with zero attached hydrogens (tertiary/aromatic N) is 1. The highest BCUT2D eigenvalue weighted by atomic mass is 19.4. The lowest BCUT2D eigenvalue weighted by Crippen LogP contribution is -2.36. The summed E-state index contributed by atoms with van der Waals surface area (Å²) >= 11 is 0. The number of methoxy groups -OCH3 is 1. The average molecular weight is 542 g/mol. The number of aryl methyl sites for hydroxylation is 2. The Morgan fingerprint density at radius 2 is 1.74 bits per heavy atom. The van der Waals surface area contributed by atoms with E-state index in [2.05, 4.69) is 0 Å². The number of benzene rings is 2. The molecule has 38 heavy (non-hydrogen) atoms. The van der Waals surface area contributed by atoms with Gasteiger partial charge in [0, 0.05) is 12.1 Å². The second kappa shape index (κ2) is 10.2. The van der Waals surface area contributed by atoms with Crippen molar-refractivity contribution in [2.75, 3.05) is 13.7 Å². The Bertz CT molecular complexity index is 1250. The average Bonchev–Trinajstić information content (AvgIpc) is 3.11. The Morgan fingerprint density at radius 3 is 2.37 bits per heavy atom. The second-order valence-electron chi connectivity index (χ2n) is 10.1. The summed E-state index contributed by atoms with van der Waals surface area (Å²) < 4.78 is 92.3. The molecule has 1 aliphatic carbocycles. The monoisotopic (exact) mass is 541 g/mol. The van der Waals surface area contributed by atoms with Crippen molar-refractivity contribution in [1.29, 1.82) is 0 Å². The van der Waals surface area contributed by atoms with Crippen LogP contribution in [0, 0.1) is 19.8 Å². The van der Waals surface area contributed by atoms with Crippen molar-refractivity contribution in [3.05, 3.63) is 69.8 Å². The molecule has 1 heterocycles. The van der Waals surface area contributed by atoms with E-state index in [1.807, 2.05) is 19.1 Å². The number of carbonyl (C=O) groups excluding carboxylic acids is 1. The number of ether oxygens (including phenoxy) is 2. The van der Waals surface area contributed by atoms with Crippen LogP contribution in [0.4, 0.5) is 31.1 Å². The minimum atomic E-state index is -4.58. The van der Waals surface area contributed by atoms with E-state index >= 15 is 0 Å². The molecule has 2 aromatic carbocycles. The van der Waals surface area contributed by atoms with Crippen LogP contribution in [0.2, 0.25) is 0 Å². The molecule has 1 unspecified atom stereocenters. The first kappa shape index (κ1) is 27.9. The lowest BCUT2D eigenvalue weighted by atomic mass is 9.80. The molecule has 4 rings (SSSR count). The highest BCUT2D eigenvalue weighted by Crippen LogP contribution is 2.46. The Morgan fingerprint density at radius 1 is 1.03 bits per heavy atom. The topological polar surface area (TPSA) is 38.8 Å². The number of alkyl halides is 6. The van der Waals surface area contributed by atoms with E-state index in [9.17, 15) is 31.1 Å². The van der Waals surface area contributed by atoms with Gasteiger partial charge in [-0.3, -0.25) is 4.90 Å². The van der Waals surface area contributed by atoms with E-state index in [4.69, 9.17) is 9.47 Å². The van der Waals surface area contributed by atoms with Crippen molar-refractivity contribution in [3.63, 3.8) is 0 Å². The molecule has 2 aromatic rings. The summed E-state index contributed by atoms with van der Waals surface area (Å²) in [5, 5.41) is 0. The van der Waals surface area contributed by atoms with Gasteiger partial charge < -0.3 is 9.47 Å². The van der Waals surface area contributed by atoms with Crippen LogP contribution in [0.25, 0.3) is 5.57 Å². The molecule has 1 fully saturated rings. The van der Waals surface area contributed by atoms with Crippen molar-refractivity contribution in [3.8, 4) is 5.75 Å². The first-order chi connectivity index (χ1) is 17.7. The quantitative estimate of drug-likeness (QED) is 0.360. The molecule has 0 bridgehead atoms. The van der Waals surface area contributed by atoms with Gasteiger partial charge in [0.25, 0.3) is 0 Å². The summed E-state index contributed by atoms with van der Waals surface area (Å²) in [6.07, 6.45) is -11.0. The van der Waals surface area contributed by atoms with E-state index in [1.165, 1.54) is 25.0 Å². The minimum absolute atomic E-state index is 0.0917. The van der Waals surface area contributed by atoms with Gasteiger partial charge in [-0.05, 0) is 81.0 Å². The maximum absolute atomic E-state index is 13.7. The minimum Gasteiger partial charge on any atom is -0.496 e. The molecule has 1 aliphatic heterocycles. The molecule has 10 heteroatoms. The van der Waals surface area contributed by atoms with Crippen molar-refractivity contribution in [2.24, 2.45) is 5.92 Å². The second-order valence-corrected chi connectivity index (χ2v) is 10.1. The molecule has 206 valence electrons. The van der Waals surface area contributed by atoms with Crippen LogP contribution < -0.4 is 4.74 Å². The predicted molar refractivity (Wildman–Crippen MR) is 130 cm³/mol. The summed E-state index contributed by atoms with van der Waals surface area (Å²) in [6.45, 7) is 4.88. The number of hydrogen-bond acceptors (Lipinski definition) is 3. The molecule has 0 aromatic heterocycles. The third kappa shape index (κ3) is 5.63. The number of rotatable bonds is 5. The third-order valence-electron chi connectivity index (χ3n) is 7.31. The fourth-order valence-corrected chi connectivity index (χ4v) is 5.35. The van der Waals surface area contributed by atoms with Crippen LogP contribution in [-0.4, -0.2) is 36.9 Å². The van der Waals surface area contributed by atoms with E-state index in [0.29, 0.717) is 28.0 Å². The summed E-state index contributed by atoms with van der Waals surface area (Å²) in [5.74, 6) is -1.05. The van der Waals surface area contributed by atoms with Gasteiger partial charge in [-0.25, -0.2) is 4.79 Å². The van der Waals surface area contributed by atoms with E-state index < -0.39 is 42.1 Å². The standard InChI is InChI=1S/C28H29F6NO3/c1-15-5-8-24(37-4)23(11-15)22-7-6-20(27(29,30)31)13-19(22)14-35-17(3)25(38-26(35)36)18-9-16(2)10-21(12-18)28(32,33)34/h5,8-12,17,20,25H,6-7,13-14H2,1-4H3/t17-,20?,25-/m0/s1. The molecule has 0 spiro atoms. The molecule has 3 atom stereocenters. The van der Waals surface area contributed by atoms with Gasteiger partial charge in [0.1, 0.15) is 11.9 Å². The fraction of sp³-hybridized carbons (Fsp3) is 0.464. The van der Waals surface area contributed by atoms with Gasteiger partial charge >= 0.3 is 18.4 Å². The Labute approximate surface area is 217 Å². The van der Waals surface area contributed by atoms with Crippen molar-refractivity contribution < 1.29 is 40.6 Å². The Hall–Kier alpha value is -3.17. The molecule has 4 nitrogen and oxygen atoms in total. The number of halogens is 6. The Balaban J connectivity index is 1.71. The first-order valence-electron chi connectivity index (χ1n) is 12.3. The van der Waals surface area contributed by atoms with Crippen molar-refractivity contribution in [1.82, 2.24) is 4.90 Å². The van der Waals surface area contributed by atoms with Gasteiger partial charge in [0.2, 0.25) is 0 Å². The van der Waals surface area contributed by atoms with Crippen molar-refractivity contribution >= 4 is 11.7 Å². The molecule has 0 N–H and O–H groups in total. The third-order valence-corrected chi connectivity index (χ3v) is 7.31. The number of allylic oxidation sites excluding steroid dienone is 1. The highest BCUT2D eigenvalue weighted by molar-refractivity contribution is 5.77. The fourth-order valence-electron chi connectivity index (χ4n) is 5.35. The van der Waals surface area contributed by atoms with Gasteiger partial charge in [0.05, 0.1) is 24.6 Å². The Kier molecular flexibility index (Phi) is 7.47. The lowest BCUT2D eigenvalue weighted by Gasteiger charge is -2.32. The van der Waals surface area contributed by atoms with Gasteiger partial charge in [0.15, 0.2) is 0 Å². The van der Waals surface area contributed by atoms with Crippen LogP contribution in [0.15, 0.2) is 42.0 Å². The zero-order chi connectivity index (χ0) is 28.0. The predicted octanol–water partition coefficient (Wildman–Crippen LogP) is 8.03. The molecule has 0 saturated carbocycles. The van der Waals surface area contributed by atoms with Crippen LogP contribution >= 0.6 is 0 Å². The zero-order valence-corrected chi connectivity index (χ0v) is 21.5. The maximum Gasteiger partial charge on any atom is 0.416 e. The van der Waals surface area contributed by atoms with Gasteiger partial charge in [-0.1, -0.05) is 23.3 Å². The smallest absolute Gasteiger partial charge is 0.416 e. The van der Waals surface area contributed by atoms with Gasteiger partial charge in [-0.2, -0.15) is 26.3 Å². The number of carbonyl (C=O) groups is 1. The largest absolute Gasteiger partial charge is 0.496 e. The molecular formula is C28H29F6NO3. The number of amides is 1. The maximum atomic E-state index is 13.7.